The van der Waals surface area contributed by atoms with Crippen LogP contribution < -0.4 is 0 Å². The summed E-state index contributed by atoms with van der Waals surface area (Å²) in [6.45, 7) is 2.01. The molecule has 1 aromatic rings. The second-order valence-corrected chi connectivity index (χ2v) is 8.38. The lowest BCUT2D eigenvalue weighted by atomic mass is 9.89. The summed E-state index contributed by atoms with van der Waals surface area (Å²) in [4.78, 5) is 0. The summed E-state index contributed by atoms with van der Waals surface area (Å²) < 4.78 is 25.0. The van der Waals surface area contributed by atoms with Gasteiger partial charge in [-0.2, -0.15) is 5.10 Å². The van der Waals surface area contributed by atoms with E-state index in [1.807, 2.05) is 14.0 Å². The lowest BCUT2D eigenvalue weighted by molar-refractivity contribution is 0.389. The molecule has 114 valence electrons. The van der Waals surface area contributed by atoms with Crippen LogP contribution in [0.5, 0.6) is 0 Å². The SMILES string of the molecule is CCc1nn(C)c(CC(CCl)C2CCS(=O)(=O)C2)c1Cl. The number of rotatable bonds is 5. The number of sulfone groups is 1. The summed E-state index contributed by atoms with van der Waals surface area (Å²) in [6, 6.07) is 0. The molecule has 0 saturated carbocycles. The van der Waals surface area contributed by atoms with E-state index in [1.54, 1.807) is 4.68 Å². The Kier molecular flexibility index (Phi) is 5.03. The zero-order valence-corrected chi connectivity index (χ0v) is 14.1. The van der Waals surface area contributed by atoms with Crippen molar-refractivity contribution in [3.8, 4) is 0 Å². The molecule has 7 heteroatoms. The zero-order valence-electron chi connectivity index (χ0n) is 11.8. The van der Waals surface area contributed by atoms with Crippen molar-refractivity contribution in [1.29, 1.82) is 0 Å². The van der Waals surface area contributed by atoms with Gasteiger partial charge in [-0.25, -0.2) is 8.42 Å². The molecule has 2 unspecified atom stereocenters. The van der Waals surface area contributed by atoms with Crippen LogP contribution in [-0.2, 0) is 29.7 Å². The van der Waals surface area contributed by atoms with Crippen molar-refractivity contribution in [2.75, 3.05) is 17.4 Å². The van der Waals surface area contributed by atoms with Gasteiger partial charge in [0, 0.05) is 12.9 Å². The minimum atomic E-state index is -2.88. The summed E-state index contributed by atoms with van der Waals surface area (Å²) in [5.74, 6) is 1.24. The van der Waals surface area contributed by atoms with Crippen molar-refractivity contribution < 1.29 is 8.42 Å². The first kappa shape index (κ1) is 16.1. The lowest BCUT2D eigenvalue weighted by Crippen LogP contribution is -2.21. The van der Waals surface area contributed by atoms with Gasteiger partial charge in [-0.05, 0) is 31.1 Å². The van der Waals surface area contributed by atoms with Crippen LogP contribution >= 0.6 is 23.2 Å². The molecule has 0 spiro atoms. The van der Waals surface area contributed by atoms with Gasteiger partial charge in [0.05, 0.1) is 27.9 Å². The normalized spacial score (nSPS) is 23.1. The molecular formula is C13H20Cl2N2O2S. The van der Waals surface area contributed by atoms with Crippen LogP contribution in [0.2, 0.25) is 5.02 Å². The van der Waals surface area contributed by atoms with Gasteiger partial charge < -0.3 is 0 Å². The lowest BCUT2D eigenvalue weighted by Gasteiger charge is -2.20. The molecule has 1 aliphatic heterocycles. The summed E-state index contributed by atoms with van der Waals surface area (Å²) in [7, 11) is -1.00. The van der Waals surface area contributed by atoms with Crippen molar-refractivity contribution >= 4 is 33.0 Å². The van der Waals surface area contributed by atoms with E-state index in [0.717, 1.165) is 17.8 Å². The quantitative estimate of drug-likeness (QED) is 0.775. The molecule has 0 amide bonds. The van der Waals surface area contributed by atoms with E-state index >= 15 is 0 Å². The molecule has 2 atom stereocenters. The Morgan fingerprint density at radius 2 is 2.20 bits per heavy atom. The van der Waals surface area contributed by atoms with Crippen molar-refractivity contribution in [3.05, 3.63) is 16.4 Å². The highest BCUT2D eigenvalue weighted by atomic mass is 35.5. The average molecular weight is 339 g/mol. The Morgan fingerprint density at radius 3 is 2.65 bits per heavy atom. The summed E-state index contributed by atoms with van der Waals surface area (Å²) in [6.07, 6.45) is 2.18. The van der Waals surface area contributed by atoms with Gasteiger partial charge in [0.15, 0.2) is 9.84 Å². The molecule has 0 bridgehead atoms. The maximum absolute atomic E-state index is 11.6. The smallest absolute Gasteiger partial charge is 0.150 e. The number of aryl methyl sites for hydroxylation is 2. The predicted octanol–water partition coefficient (Wildman–Crippen LogP) is 2.47. The summed E-state index contributed by atoms with van der Waals surface area (Å²) in [5.41, 5.74) is 1.84. The zero-order chi connectivity index (χ0) is 14.9. The van der Waals surface area contributed by atoms with Gasteiger partial charge in [-0.1, -0.05) is 18.5 Å². The van der Waals surface area contributed by atoms with Crippen LogP contribution in [0.1, 0.15) is 24.7 Å². The van der Waals surface area contributed by atoms with Crippen LogP contribution in [0.3, 0.4) is 0 Å². The van der Waals surface area contributed by atoms with Gasteiger partial charge in [0.25, 0.3) is 0 Å². The standard InChI is InChI=1S/C13H20Cl2N2O2S/c1-3-11-13(15)12(17(2)16-11)6-10(7-14)9-4-5-20(18,19)8-9/h9-10H,3-8H2,1-2H3. The molecule has 2 rings (SSSR count). The topological polar surface area (TPSA) is 52.0 Å². The fraction of sp³-hybridized carbons (Fsp3) is 0.769. The third-order valence-corrected chi connectivity index (χ3v) is 6.72. The van der Waals surface area contributed by atoms with Gasteiger partial charge >= 0.3 is 0 Å². The van der Waals surface area contributed by atoms with E-state index in [-0.39, 0.29) is 23.3 Å². The van der Waals surface area contributed by atoms with Crippen LogP contribution in [0.25, 0.3) is 0 Å². The van der Waals surface area contributed by atoms with E-state index in [2.05, 4.69) is 5.10 Å². The van der Waals surface area contributed by atoms with Gasteiger partial charge in [0.2, 0.25) is 0 Å². The van der Waals surface area contributed by atoms with Crippen molar-refractivity contribution in [3.63, 3.8) is 0 Å². The molecule has 0 radical (unpaired) electrons. The molecule has 0 aliphatic carbocycles. The Labute approximate surface area is 130 Å². The molecule has 1 saturated heterocycles. The van der Waals surface area contributed by atoms with Crippen molar-refractivity contribution in [2.45, 2.75) is 26.2 Å². The van der Waals surface area contributed by atoms with Gasteiger partial charge in [-0.15, -0.1) is 11.6 Å². The summed E-state index contributed by atoms with van der Waals surface area (Å²) >= 11 is 12.4. The highest BCUT2D eigenvalue weighted by molar-refractivity contribution is 7.91. The Hall–Kier alpha value is -0.260. The largest absolute Gasteiger partial charge is 0.271 e. The van der Waals surface area contributed by atoms with E-state index in [0.29, 0.717) is 23.7 Å². The van der Waals surface area contributed by atoms with E-state index in [9.17, 15) is 8.42 Å². The van der Waals surface area contributed by atoms with E-state index < -0.39 is 9.84 Å². The minimum Gasteiger partial charge on any atom is -0.271 e. The Balaban J connectivity index is 2.17. The number of halogens is 2. The Morgan fingerprint density at radius 1 is 1.50 bits per heavy atom. The number of alkyl halides is 1. The van der Waals surface area contributed by atoms with Crippen molar-refractivity contribution in [2.24, 2.45) is 18.9 Å². The molecule has 0 N–H and O–H groups in total. The maximum Gasteiger partial charge on any atom is 0.150 e. The molecular weight excluding hydrogens is 319 g/mol. The predicted molar refractivity (Wildman–Crippen MR) is 82.3 cm³/mol. The van der Waals surface area contributed by atoms with E-state index in [4.69, 9.17) is 23.2 Å². The highest BCUT2D eigenvalue weighted by Crippen LogP contribution is 2.32. The molecule has 20 heavy (non-hydrogen) atoms. The highest BCUT2D eigenvalue weighted by Gasteiger charge is 2.34. The fourth-order valence-corrected chi connectivity index (χ4v) is 5.48. The Bertz CT molecular complexity index is 583. The third kappa shape index (κ3) is 3.31. The van der Waals surface area contributed by atoms with Crippen LogP contribution in [0.4, 0.5) is 0 Å². The fourth-order valence-electron chi connectivity index (χ4n) is 2.83. The van der Waals surface area contributed by atoms with Crippen LogP contribution in [-0.4, -0.2) is 35.6 Å². The van der Waals surface area contributed by atoms with Crippen LogP contribution in [0.15, 0.2) is 0 Å². The number of nitrogens with zero attached hydrogens (tertiary/aromatic N) is 2. The second kappa shape index (κ2) is 6.24. The monoisotopic (exact) mass is 338 g/mol. The molecule has 2 heterocycles. The molecule has 1 aliphatic rings. The molecule has 0 aromatic carbocycles. The first-order valence-corrected chi connectivity index (χ1v) is 9.58. The third-order valence-electron chi connectivity index (χ3n) is 4.09. The number of hydrogen-bond acceptors (Lipinski definition) is 3. The van der Waals surface area contributed by atoms with Crippen LogP contribution in [0, 0.1) is 11.8 Å². The average Bonchev–Trinajstić information content (AvgIpc) is 2.88. The molecule has 4 nitrogen and oxygen atoms in total. The first-order chi connectivity index (χ1) is 9.38. The maximum atomic E-state index is 11.6. The minimum absolute atomic E-state index is 0.131. The number of hydrogen-bond donors (Lipinski definition) is 0. The molecule has 1 aromatic heterocycles. The second-order valence-electron chi connectivity index (χ2n) is 5.47. The van der Waals surface area contributed by atoms with E-state index in [1.165, 1.54) is 0 Å². The first-order valence-electron chi connectivity index (χ1n) is 6.84. The summed E-state index contributed by atoms with van der Waals surface area (Å²) in [5, 5.41) is 5.09. The van der Waals surface area contributed by atoms with Gasteiger partial charge in [-0.3, -0.25) is 4.68 Å². The number of aromatic nitrogens is 2. The van der Waals surface area contributed by atoms with Crippen molar-refractivity contribution in [1.82, 2.24) is 9.78 Å². The van der Waals surface area contributed by atoms with Gasteiger partial charge in [0.1, 0.15) is 0 Å². The molecule has 1 fully saturated rings.